The van der Waals surface area contributed by atoms with Crippen molar-refractivity contribution in [3.8, 4) is 39.4 Å². The average Bonchev–Trinajstić information content (AvgIpc) is 3.90. The van der Waals surface area contributed by atoms with E-state index in [1.54, 1.807) is 28.1 Å². The number of methoxy groups -OCH3 is 2. The molecule has 0 unspecified atom stereocenters. The van der Waals surface area contributed by atoms with Crippen molar-refractivity contribution < 1.29 is 33.4 Å². The largest absolute Gasteiger partial charge is 0.488 e. The molecule has 4 N–H and O–H groups in total. The molecule has 3 heterocycles. The number of aromatic amines is 2. The molecule has 0 radical (unpaired) electrons. The highest BCUT2D eigenvalue weighted by atomic mass is 16.5. The molecule has 1 aliphatic carbocycles. The van der Waals surface area contributed by atoms with Crippen LogP contribution in [0.4, 0.5) is 9.59 Å². The summed E-state index contributed by atoms with van der Waals surface area (Å²) in [5, 5.41) is 5.16. The molecule has 7 rings (SSSR count). The number of imidazole rings is 2. The number of H-pyrrole nitrogens is 2. The Labute approximate surface area is 336 Å². The summed E-state index contributed by atoms with van der Waals surface area (Å²) in [5.41, 5.74) is 9.65. The van der Waals surface area contributed by atoms with Crippen LogP contribution in [0.1, 0.15) is 66.8 Å². The molecule has 0 spiro atoms. The maximum atomic E-state index is 13.9. The van der Waals surface area contributed by atoms with Crippen molar-refractivity contribution in [2.24, 2.45) is 0 Å². The first kappa shape index (κ1) is 39.6. The highest BCUT2D eigenvalue weighted by molar-refractivity contribution is 5.87. The number of ether oxygens (including phenoxy) is 3. The molecule has 0 saturated carbocycles. The molecule has 2 aromatic heterocycles. The number of fused-ring (bicyclic) bond motifs is 6. The zero-order chi connectivity index (χ0) is 40.8. The number of carbonyl (C=O) groups is 4. The molecule has 5 aromatic rings. The quantitative estimate of drug-likeness (QED) is 0.104. The molecule has 3 aromatic carbocycles. The van der Waals surface area contributed by atoms with Crippen LogP contribution in [0.2, 0.25) is 0 Å². The number of amides is 4. The number of aryl methyl sites for hydroxylation is 2. The van der Waals surface area contributed by atoms with Crippen LogP contribution in [0, 0.1) is 0 Å². The van der Waals surface area contributed by atoms with Gasteiger partial charge in [0, 0.05) is 29.9 Å². The number of aromatic nitrogens is 4. The van der Waals surface area contributed by atoms with Crippen molar-refractivity contribution in [1.82, 2.24) is 40.4 Å². The van der Waals surface area contributed by atoms with Crippen molar-refractivity contribution in [2.75, 3.05) is 33.9 Å². The second kappa shape index (κ2) is 17.7. The summed E-state index contributed by atoms with van der Waals surface area (Å²) in [6.45, 7) is 5.75. The van der Waals surface area contributed by atoms with Crippen LogP contribution in [0.5, 0.6) is 5.75 Å². The lowest BCUT2D eigenvalue weighted by Gasteiger charge is -2.27. The van der Waals surface area contributed by atoms with Gasteiger partial charge >= 0.3 is 12.2 Å². The van der Waals surface area contributed by atoms with E-state index in [0.717, 1.165) is 76.3 Å². The number of alkyl carbamates (subject to hydrolysis) is 2. The summed E-state index contributed by atoms with van der Waals surface area (Å²) in [5.74, 6) is 1.62. The molecule has 15 heteroatoms. The van der Waals surface area contributed by atoms with Gasteiger partial charge in [0.25, 0.3) is 0 Å². The molecule has 58 heavy (non-hydrogen) atoms. The van der Waals surface area contributed by atoms with E-state index in [9.17, 15) is 19.2 Å². The van der Waals surface area contributed by atoms with Crippen molar-refractivity contribution in [1.29, 1.82) is 0 Å². The first-order valence-electron chi connectivity index (χ1n) is 19.5. The molecule has 4 amide bonds. The zero-order valence-electron chi connectivity index (χ0n) is 33.1. The van der Waals surface area contributed by atoms with Crippen LogP contribution >= 0.6 is 0 Å². The van der Waals surface area contributed by atoms with Gasteiger partial charge in [-0.3, -0.25) is 9.59 Å². The number of hydrogen-bond acceptors (Lipinski definition) is 9. The van der Waals surface area contributed by atoms with E-state index in [1.165, 1.54) is 19.8 Å². The molecule has 1 aliphatic heterocycles. The first-order chi connectivity index (χ1) is 28.2. The van der Waals surface area contributed by atoms with Gasteiger partial charge in [-0.15, -0.1) is 0 Å². The Hall–Kier alpha value is -6.64. The minimum Gasteiger partial charge on any atom is -0.488 e. The maximum Gasteiger partial charge on any atom is 0.407 e. The van der Waals surface area contributed by atoms with Gasteiger partial charge in [-0.2, -0.15) is 0 Å². The average molecular weight is 789 g/mol. The summed E-state index contributed by atoms with van der Waals surface area (Å²) < 4.78 is 15.8. The van der Waals surface area contributed by atoms with Crippen molar-refractivity contribution in [2.45, 2.75) is 65.3 Å². The molecule has 0 saturated heterocycles. The fourth-order valence-electron chi connectivity index (χ4n) is 7.56. The third kappa shape index (κ3) is 8.53. The van der Waals surface area contributed by atoms with E-state index in [4.69, 9.17) is 14.5 Å². The van der Waals surface area contributed by atoms with E-state index >= 15 is 0 Å². The Morgan fingerprint density at radius 1 is 0.828 bits per heavy atom. The number of hydrogen-bond donors (Lipinski definition) is 4. The highest BCUT2D eigenvalue weighted by Gasteiger charge is 2.30. The summed E-state index contributed by atoms with van der Waals surface area (Å²) in [6, 6.07) is 18.8. The molecule has 15 nitrogen and oxygen atoms in total. The van der Waals surface area contributed by atoms with Crippen molar-refractivity contribution >= 4 is 24.0 Å². The summed E-state index contributed by atoms with van der Waals surface area (Å²) in [4.78, 5) is 70.4. The second-order valence-electron chi connectivity index (χ2n) is 14.3. The van der Waals surface area contributed by atoms with E-state index in [-0.39, 0.29) is 24.9 Å². The maximum absolute atomic E-state index is 13.9. The molecule has 0 fully saturated rings. The third-order valence-electron chi connectivity index (χ3n) is 10.4. The zero-order valence-corrected chi connectivity index (χ0v) is 33.1. The summed E-state index contributed by atoms with van der Waals surface area (Å²) in [7, 11) is 2.53. The van der Waals surface area contributed by atoms with Gasteiger partial charge < -0.3 is 44.6 Å². The monoisotopic (exact) mass is 788 g/mol. The number of nitrogens with one attached hydrogen (secondary N) is 4. The Bertz CT molecular complexity index is 2300. The van der Waals surface area contributed by atoms with Crippen LogP contribution in [0.15, 0.2) is 66.9 Å². The van der Waals surface area contributed by atoms with Crippen LogP contribution in [0.25, 0.3) is 33.6 Å². The molecule has 302 valence electrons. The minimum absolute atomic E-state index is 0.153. The molecule has 1 atom stereocenters. The van der Waals surface area contributed by atoms with Gasteiger partial charge in [0.2, 0.25) is 11.8 Å². The normalized spacial score (nSPS) is 12.8. The Morgan fingerprint density at radius 3 is 2.34 bits per heavy atom. The van der Waals surface area contributed by atoms with Crippen LogP contribution < -0.4 is 15.4 Å². The molecular formula is C43H48N8O7. The lowest BCUT2D eigenvalue weighted by Crippen LogP contribution is -2.43. The predicted molar refractivity (Wildman–Crippen MR) is 215 cm³/mol. The van der Waals surface area contributed by atoms with Gasteiger partial charge in [-0.05, 0) is 71.7 Å². The molecular weight excluding hydrogens is 741 g/mol. The lowest BCUT2D eigenvalue weighted by atomic mass is 9.86. The van der Waals surface area contributed by atoms with Crippen LogP contribution in [-0.2, 0) is 51.6 Å². The van der Waals surface area contributed by atoms with E-state index < -0.39 is 18.2 Å². The smallest absolute Gasteiger partial charge is 0.407 e. The van der Waals surface area contributed by atoms with Gasteiger partial charge in [0.1, 0.15) is 36.6 Å². The number of carbonyl (C=O) groups excluding carboxylic acids is 4. The molecule has 2 aliphatic rings. The van der Waals surface area contributed by atoms with E-state index in [1.807, 2.05) is 32.0 Å². The van der Waals surface area contributed by atoms with Gasteiger partial charge in [-0.1, -0.05) is 56.3 Å². The number of benzene rings is 3. The van der Waals surface area contributed by atoms with Crippen molar-refractivity contribution in [3.05, 3.63) is 101 Å². The molecule has 0 bridgehead atoms. The minimum atomic E-state index is -0.912. The second-order valence-corrected chi connectivity index (χ2v) is 14.3. The Balaban J connectivity index is 1.07. The lowest BCUT2D eigenvalue weighted by molar-refractivity contribution is -0.134. The van der Waals surface area contributed by atoms with Gasteiger partial charge in [0.05, 0.1) is 44.9 Å². The van der Waals surface area contributed by atoms with Gasteiger partial charge in [-0.25, -0.2) is 19.6 Å². The topological polar surface area (TPSA) is 184 Å². The van der Waals surface area contributed by atoms with Crippen LogP contribution in [0.3, 0.4) is 0 Å². The summed E-state index contributed by atoms with van der Waals surface area (Å²) in [6.07, 6.45) is 3.52. The highest BCUT2D eigenvalue weighted by Crippen LogP contribution is 2.44. The fourth-order valence-corrected chi connectivity index (χ4v) is 7.56. The standard InChI is InChI=1S/C43H48N8O7/c1-5-16-50(38(52)22-45-42(54)56-3)24-37-46-33-15-13-27-19-32-30-14-12-28(18-29(30)25-58-35(32)20-31(27)40(33)48-37)34-21-44-36(47-34)23-51(17-6-2)41(53)39(49-43(55)57-4)26-10-8-7-9-11-26/h7-12,14,18-21,39H,5-6,13,15-17,22-25H2,1-4H3,(H,44,47)(H,45,54)(H,46,48)(H,49,55)/t39-/m1/s1. The Morgan fingerprint density at radius 2 is 1.59 bits per heavy atom. The SMILES string of the molecule is CCCN(Cc1nc2c([nH]1)CCc1cc3c(cc1-2)OCc1cc(-c2cnc(CN(CCC)C(=O)[C@H](NC(=O)OC)c4ccccc4)[nH]2)ccc1-3)C(=O)CNC(=O)OC. The number of rotatable bonds is 14. The summed E-state index contributed by atoms with van der Waals surface area (Å²) >= 11 is 0. The third-order valence-corrected chi connectivity index (χ3v) is 10.4. The van der Waals surface area contributed by atoms with Gasteiger partial charge in [0.15, 0.2) is 0 Å². The van der Waals surface area contributed by atoms with E-state index in [2.05, 4.69) is 60.7 Å². The van der Waals surface area contributed by atoms with Crippen molar-refractivity contribution in [3.63, 3.8) is 0 Å². The first-order valence-corrected chi connectivity index (χ1v) is 19.5. The fraction of sp³-hybridized carbons (Fsp3) is 0.349. The Kier molecular flexibility index (Phi) is 12.1. The number of nitrogens with zero attached hydrogens (tertiary/aromatic N) is 4. The van der Waals surface area contributed by atoms with E-state index in [0.29, 0.717) is 43.5 Å². The predicted octanol–water partition coefficient (Wildman–Crippen LogP) is 6.06. The van der Waals surface area contributed by atoms with Crippen LogP contribution in [-0.4, -0.2) is 87.6 Å².